The van der Waals surface area contributed by atoms with Gasteiger partial charge < -0.3 is 28.9 Å². The Morgan fingerprint density at radius 3 is 2.46 bits per heavy atom. The predicted octanol–water partition coefficient (Wildman–Crippen LogP) is -1.45. The molecule has 0 aromatic rings. The minimum Gasteiger partial charge on any atom is -0.388 e. The van der Waals surface area contributed by atoms with Crippen LogP contribution in [-0.2, 0) is 32.6 Å². The molecule has 2 aliphatic heterocycles. The Bertz CT molecular complexity index is 501. The zero-order valence-electron chi connectivity index (χ0n) is 15.0. The molecule has 2 aliphatic rings. The molecule has 2 N–H and O–H groups in total. The molecule has 5 radical (unpaired) electrons. The average Bonchev–Trinajstić information content (AvgIpc) is 3.04. The number of phosphoric acid groups is 1. The van der Waals surface area contributed by atoms with Gasteiger partial charge in [-0.25, -0.2) is 4.57 Å². The Kier molecular flexibility index (Phi) is 8.22. The first kappa shape index (κ1) is 22.4. The van der Waals surface area contributed by atoms with Crippen molar-refractivity contribution >= 4 is 30.6 Å². The number of methoxy groups -OCH3 is 2. The molecular weight excluding hydrogens is 364 g/mol. The first-order chi connectivity index (χ1) is 12.2. The highest BCUT2D eigenvalue weighted by Crippen LogP contribution is 2.47. The van der Waals surface area contributed by atoms with Gasteiger partial charge in [-0.05, 0) is 0 Å². The summed E-state index contributed by atoms with van der Waals surface area (Å²) in [4.78, 5) is 9.96. The van der Waals surface area contributed by atoms with Crippen molar-refractivity contribution in [2.24, 2.45) is 5.92 Å². The van der Waals surface area contributed by atoms with Crippen LogP contribution in [0.3, 0.4) is 0 Å². The molecule has 0 bridgehead atoms. The summed E-state index contributed by atoms with van der Waals surface area (Å²) in [6.07, 6.45) is -4.22. The monoisotopic (exact) mass is 387 g/mol. The van der Waals surface area contributed by atoms with E-state index in [1.54, 1.807) is 0 Å². The maximum absolute atomic E-state index is 12.2. The molecule has 2 heterocycles. The molecule has 26 heavy (non-hydrogen) atoms. The zero-order chi connectivity index (χ0) is 19.5. The van der Waals surface area contributed by atoms with Crippen molar-refractivity contribution in [2.75, 3.05) is 27.4 Å². The van der Waals surface area contributed by atoms with Crippen LogP contribution < -0.4 is 0 Å². The molecule has 0 aromatic carbocycles. The Balaban J connectivity index is 1.91. The van der Waals surface area contributed by atoms with Crippen molar-refractivity contribution < 1.29 is 42.6 Å². The summed E-state index contributed by atoms with van der Waals surface area (Å²) in [5.41, 5.74) is 0. The molecule has 0 aliphatic carbocycles. The Hall–Kier alpha value is 0.105. The molecule has 2 rings (SSSR count). The Morgan fingerprint density at radius 2 is 1.88 bits per heavy atom. The number of rotatable bonds is 9. The lowest BCUT2D eigenvalue weighted by Gasteiger charge is -2.24. The van der Waals surface area contributed by atoms with Gasteiger partial charge in [-0.2, -0.15) is 0 Å². The zero-order valence-corrected chi connectivity index (χ0v) is 15.9. The summed E-state index contributed by atoms with van der Waals surface area (Å²) >= 11 is 0. The van der Waals surface area contributed by atoms with E-state index in [1.165, 1.54) is 21.4 Å². The van der Waals surface area contributed by atoms with Crippen LogP contribution in [0.1, 0.15) is 6.92 Å². The van der Waals surface area contributed by atoms with Gasteiger partial charge in [0.25, 0.3) is 0 Å². The predicted molar refractivity (Wildman–Crippen MR) is 93.1 cm³/mol. The van der Waals surface area contributed by atoms with E-state index < -0.39 is 38.2 Å². The second-order valence-electron chi connectivity index (χ2n) is 6.31. The van der Waals surface area contributed by atoms with Crippen molar-refractivity contribution in [1.29, 1.82) is 0 Å². The highest BCUT2D eigenvalue weighted by molar-refractivity contribution is 7.47. The molecular formula is C13H23B3O9P. The summed E-state index contributed by atoms with van der Waals surface area (Å²) in [5.74, 6) is -0.0501. The summed E-state index contributed by atoms with van der Waals surface area (Å²) in [5, 5.41) is 10.1. The maximum Gasteiger partial charge on any atom is 0.472 e. The summed E-state index contributed by atoms with van der Waals surface area (Å²) in [7, 11) is 11.0. The van der Waals surface area contributed by atoms with Crippen LogP contribution in [-0.4, -0.2) is 103 Å². The lowest BCUT2D eigenvalue weighted by molar-refractivity contribution is -0.0337. The standard InChI is InChI=1S/C13H23B3O9P/c1-6-10(21-3)8(24-13(6)16-15)5-22-26(18,19)25-11-9(17)7(4-20-2)23-12(11)14/h6-13,17H,4-5H2,1-3H3,(H,18,19)/t6-,7+,8+,9?,10?,11-,12+,13+/m0/s1. The molecule has 0 aromatic heterocycles. The number of hydrogen-bond donors (Lipinski definition) is 2. The van der Waals surface area contributed by atoms with E-state index in [0.717, 1.165) is 0 Å². The van der Waals surface area contributed by atoms with E-state index in [9.17, 15) is 14.6 Å². The fraction of sp³-hybridized carbons (Fsp3) is 1.00. The number of phosphoric ester groups is 1. The van der Waals surface area contributed by atoms with Gasteiger partial charge in [-0.1, -0.05) is 6.92 Å². The van der Waals surface area contributed by atoms with Crippen LogP contribution in [0.4, 0.5) is 0 Å². The van der Waals surface area contributed by atoms with E-state index in [1.807, 2.05) is 6.92 Å². The lowest BCUT2D eigenvalue weighted by atomic mass is 9.49. The molecule has 2 fully saturated rings. The normalized spacial score (nSPS) is 42.7. The van der Waals surface area contributed by atoms with E-state index in [2.05, 4.69) is 0 Å². The average molecular weight is 387 g/mol. The smallest absolute Gasteiger partial charge is 0.388 e. The molecule has 0 saturated carbocycles. The molecule has 9 nitrogen and oxygen atoms in total. The number of hydrogen-bond acceptors (Lipinski definition) is 8. The summed E-state index contributed by atoms with van der Waals surface area (Å²) in [6.45, 7) is 1.69. The van der Waals surface area contributed by atoms with Gasteiger partial charge in [0.05, 0.1) is 26.5 Å². The van der Waals surface area contributed by atoms with E-state index in [0.29, 0.717) is 0 Å². The number of ether oxygens (including phenoxy) is 4. The van der Waals surface area contributed by atoms with Crippen molar-refractivity contribution in [2.45, 2.75) is 49.5 Å². The van der Waals surface area contributed by atoms with Gasteiger partial charge >= 0.3 is 7.82 Å². The van der Waals surface area contributed by atoms with Crippen molar-refractivity contribution in [3.05, 3.63) is 0 Å². The van der Waals surface area contributed by atoms with Gasteiger partial charge in [0, 0.05) is 39.9 Å². The summed E-state index contributed by atoms with van der Waals surface area (Å²) in [6, 6.07) is -1.46. The van der Waals surface area contributed by atoms with Gasteiger partial charge in [-0.3, -0.25) is 9.05 Å². The van der Waals surface area contributed by atoms with Gasteiger partial charge in [0.15, 0.2) is 0 Å². The third-order valence-electron chi connectivity index (χ3n) is 4.56. The topological polar surface area (TPSA) is 113 Å². The van der Waals surface area contributed by atoms with E-state index >= 15 is 0 Å². The van der Waals surface area contributed by atoms with Gasteiger partial charge in [-0.15, -0.1) is 0 Å². The van der Waals surface area contributed by atoms with E-state index in [-0.39, 0.29) is 31.2 Å². The third-order valence-corrected chi connectivity index (χ3v) is 5.54. The van der Waals surface area contributed by atoms with Gasteiger partial charge in [0.2, 0.25) is 0 Å². The molecule has 9 atom stereocenters. The molecule has 0 amide bonds. The van der Waals surface area contributed by atoms with Crippen LogP contribution in [0.2, 0.25) is 0 Å². The minimum atomic E-state index is -4.54. The second kappa shape index (κ2) is 9.54. The van der Waals surface area contributed by atoms with Crippen LogP contribution >= 0.6 is 7.82 Å². The third kappa shape index (κ3) is 5.13. The van der Waals surface area contributed by atoms with Crippen LogP contribution in [0.15, 0.2) is 0 Å². The molecule has 13 heteroatoms. The van der Waals surface area contributed by atoms with Crippen LogP contribution in [0.5, 0.6) is 0 Å². The highest BCUT2D eigenvalue weighted by atomic mass is 31.2. The molecule has 0 spiro atoms. The minimum absolute atomic E-state index is 0.0501. The van der Waals surface area contributed by atoms with Crippen molar-refractivity contribution in [3.63, 3.8) is 0 Å². The Labute approximate surface area is 156 Å². The Morgan fingerprint density at radius 1 is 1.19 bits per heavy atom. The van der Waals surface area contributed by atoms with Crippen molar-refractivity contribution in [3.8, 4) is 0 Å². The maximum atomic E-state index is 12.2. The van der Waals surface area contributed by atoms with Crippen LogP contribution in [0, 0.1) is 5.92 Å². The fourth-order valence-electron chi connectivity index (χ4n) is 3.19. The SMILES string of the molecule is [B][B][C@@H]1O[C@H](COP(=O)(O)O[C@H]2C(O)[C@@H](COC)O[C@H]2[B])C(OC)[C@@H]1C. The van der Waals surface area contributed by atoms with E-state index in [4.69, 9.17) is 43.6 Å². The molecule has 3 unspecified atom stereocenters. The number of aliphatic hydroxyl groups excluding tert-OH is 1. The molecule has 143 valence electrons. The largest absolute Gasteiger partial charge is 0.472 e. The van der Waals surface area contributed by atoms with Gasteiger partial charge in [0.1, 0.15) is 32.3 Å². The quantitative estimate of drug-likeness (QED) is 0.363. The lowest BCUT2D eigenvalue weighted by Crippen LogP contribution is -2.36. The second-order valence-corrected chi connectivity index (χ2v) is 7.72. The highest BCUT2D eigenvalue weighted by Gasteiger charge is 2.46. The first-order valence-electron chi connectivity index (χ1n) is 8.21. The van der Waals surface area contributed by atoms with Crippen LogP contribution in [0.25, 0.3) is 0 Å². The fourth-order valence-corrected chi connectivity index (χ4v) is 4.14. The van der Waals surface area contributed by atoms with Crippen molar-refractivity contribution in [1.82, 2.24) is 0 Å². The molecule has 2 saturated heterocycles. The summed E-state index contributed by atoms with van der Waals surface area (Å²) < 4.78 is 43.4. The number of aliphatic hydroxyl groups is 1. The first-order valence-corrected chi connectivity index (χ1v) is 9.70.